The van der Waals surface area contributed by atoms with Crippen molar-refractivity contribution < 1.29 is 19.4 Å². The van der Waals surface area contributed by atoms with Crippen molar-refractivity contribution in [2.45, 2.75) is 13.8 Å². The van der Waals surface area contributed by atoms with Gasteiger partial charge in [0.1, 0.15) is 5.82 Å². The normalized spacial score (nSPS) is 10.1. The molecule has 0 unspecified atom stereocenters. The second-order valence-electron chi connectivity index (χ2n) is 3.83. The summed E-state index contributed by atoms with van der Waals surface area (Å²) in [4.78, 5) is 25.7. The third-order valence-electron chi connectivity index (χ3n) is 1.75. The fourth-order valence-corrected chi connectivity index (χ4v) is 1.01. The molecule has 17 heavy (non-hydrogen) atoms. The molecule has 0 aliphatic rings. The van der Waals surface area contributed by atoms with E-state index in [1.807, 2.05) is 13.8 Å². The summed E-state index contributed by atoms with van der Waals surface area (Å²) in [6.07, 6.45) is -0.645. The van der Waals surface area contributed by atoms with Crippen LogP contribution in [0, 0.1) is 5.92 Å². The molecule has 1 heterocycles. The number of anilines is 1. The minimum Gasteiger partial charge on any atom is -0.477 e. The maximum Gasteiger partial charge on any atom is 0.412 e. The Hall–Kier alpha value is -2.11. The molecule has 0 aromatic carbocycles. The summed E-state index contributed by atoms with van der Waals surface area (Å²) in [6, 6.07) is 4.32. The number of amides is 1. The number of nitrogens with zero attached hydrogens (tertiary/aromatic N) is 1. The molecule has 0 aliphatic carbocycles. The summed E-state index contributed by atoms with van der Waals surface area (Å²) in [6.45, 7) is 4.12. The molecule has 1 rings (SSSR count). The number of carbonyl (C=O) groups excluding carboxylic acids is 1. The third-order valence-corrected chi connectivity index (χ3v) is 1.75. The topological polar surface area (TPSA) is 88.5 Å². The van der Waals surface area contributed by atoms with Crippen molar-refractivity contribution in [3.05, 3.63) is 23.9 Å². The Bertz CT molecular complexity index is 418. The summed E-state index contributed by atoms with van der Waals surface area (Å²) in [5, 5.41) is 11.1. The van der Waals surface area contributed by atoms with Crippen LogP contribution in [0.15, 0.2) is 18.2 Å². The van der Waals surface area contributed by atoms with Crippen LogP contribution in [0.25, 0.3) is 0 Å². The maximum absolute atomic E-state index is 11.3. The lowest BCUT2D eigenvalue weighted by Gasteiger charge is -2.08. The molecule has 0 aliphatic heterocycles. The molecule has 0 spiro atoms. The average molecular weight is 238 g/mol. The smallest absolute Gasteiger partial charge is 0.412 e. The number of pyridine rings is 1. The molecule has 1 amide bonds. The van der Waals surface area contributed by atoms with Crippen molar-refractivity contribution in [1.82, 2.24) is 4.98 Å². The lowest BCUT2D eigenvalue weighted by molar-refractivity contribution is 0.0690. The summed E-state index contributed by atoms with van der Waals surface area (Å²) < 4.78 is 4.87. The van der Waals surface area contributed by atoms with Gasteiger partial charge in [0, 0.05) is 0 Å². The van der Waals surface area contributed by atoms with E-state index in [1.54, 1.807) is 0 Å². The van der Waals surface area contributed by atoms with E-state index in [1.165, 1.54) is 18.2 Å². The molecule has 0 radical (unpaired) electrons. The van der Waals surface area contributed by atoms with Crippen LogP contribution < -0.4 is 5.32 Å². The number of ether oxygens (including phenoxy) is 1. The lowest BCUT2D eigenvalue weighted by atomic mass is 10.2. The number of nitrogens with one attached hydrogen (secondary N) is 1. The molecule has 1 aromatic heterocycles. The Morgan fingerprint density at radius 2 is 2.18 bits per heavy atom. The van der Waals surface area contributed by atoms with Gasteiger partial charge in [-0.3, -0.25) is 5.32 Å². The van der Waals surface area contributed by atoms with Crippen LogP contribution in [0.3, 0.4) is 0 Å². The van der Waals surface area contributed by atoms with E-state index in [9.17, 15) is 9.59 Å². The molecular formula is C11H14N2O4. The maximum atomic E-state index is 11.3. The Labute approximate surface area is 98.6 Å². The second-order valence-corrected chi connectivity index (χ2v) is 3.83. The van der Waals surface area contributed by atoms with Crippen LogP contribution in [0.4, 0.5) is 10.6 Å². The standard InChI is InChI=1S/C11H14N2O4/c1-7(2)6-17-11(16)13-9-5-3-4-8(12-9)10(14)15/h3-5,7H,6H2,1-2H3,(H,14,15)(H,12,13,16). The highest BCUT2D eigenvalue weighted by Crippen LogP contribution is 2.05. The SMILES string of the molecule is CC(C)COC(=O)Nc1cccc(C(=O)O)n1. The predicted molar refractivity (Wildman–Crippen MR) is 61.0 cm³/mol. The monoisotopic (exact) mass is 238 g/mol. The first-order chi connectivity index (χ1) is 7.99. The van der Waals surface area contributed by atoms with E-state index in [4.69, 9.17) is 9.84 Å². The molecule has 0 saturated heterocycles. The Morgan fingerprint density at radius 3 is 2.76 bits per heavy atom. The van der Waals surface area contributed by atoms with Crippen molar-refractivity contribution in [1.29, 1.82) is 0 Å². The van der Waals surface area contributed by atoms with Crippen molar-refractivity contribution in [2.75, 3.05) is 11.9 Å². The number of rotatable bonds is 4. The zero-order valence-corrected chi connectivity index (χ0v) is 9.64. The Morgan fingerprint density at radius 1 is 1.47 bits per heavy atom. The Balaban J connectivity index is 2.59. The van der Waals surface area contributed by atoms with E-state index in [0.29, 0.717) is 6.61 Å². The van der Waals surface area contributed by atoms with E-state index >= 15 is 0 Å². The van der Waals surface area contributed by atoms with E-state index in [0.717, 1.165) is 0 Å². The van der Waals surface area contributed by atoms with Gasteiger partial charge in [0.15, 0.2) is 5.69 Å². The lowest BCUT2D eigenvalue weighted by Crippen LogP contribution is -2.17. The average Bonchev–Trinajstić information content (AvgIpc) is 2.26. The summed E-state index contributed by atoms with van der Waals surface area (Å²) >= 11 is 0. The van der Waals surface area contributed by atoms with Gasteiger partial charge >= 0.3 is 12.1 Å². The molecule has 6 heteroatoms. The van der Waals surface area contributed by atoms with Gasteiger partial charge in [0.25, 0.3) is 0 Å². The molecule has 92 valence electrons. The first-order valence-corrected chi connectivity index (χ1v) is 5.13. The van der Waals surface area contributed by atoms with E-state index in [2.05, 4.69) is 10.3 Å². The van der Waals surface area contributed by atoms with Gasteiger partial charge in [0.2, 0.25) is 0 Å². The fourth-order valence-electron chi connectivity index (χ4n) is 1.01. The van der Waals surface area contributed by atoms with Gasteiger partial charge in [-0.1, -0.05) is 19.9 Å². The van der Waals surface area contributed by atoms with Crippen molar-refractivity contribution in [3.8, 4) is 0 Å². The van der Waals surface area contributed by atoms with Crippen molar-refractivity contribution in [3.63, 3.8) is 0 Å². The van der Waals surface area contributed by atoms with Gasteiger partial charge in [-0.25, -0.2) is 14.6 Å². The minimum absolute atomic E-state index is 0.133. The second kappa shape index (κ2) is 5.83. The zero-order chi connectivity index (χ0) is 12.8. The molecule has 1 aromatic rings. The van der Waals surface area contributed by atoms with Crippen LogP contribution in [0.2, 0.25) is 0 Å². The molecule has 6 nitrogen and oxygen atoms in total. The number of aromatic carboxylic acids is 1. The van der Waals surface area contributed by atoms with Crippen LogP contribution in [0.1, 0.15) is 24.3 Å². The van der Waals surface area contributed by atoms with Crippen molar-refractivity contribution in [2.24, 2.45) is 5.92 Å². The van der Waals surface area contributed by atoms with Crippen LogP contribution in [0.5, 0.6) is 0 Å². The number of hydrogen-bond acceptors (Lipinski definition) is 4. The first kappa shape index (κ1) is 13.0. The Kier molecular flexibility index (Phi) is 4.45. The summed E-state index contributed by atoms with van der Waals surface area (Å²) in [5.41, 5.74) is -0.133. The van der Waals surface area contributed by atoms with Crippen LogP contribution in [-0.2, 0) is 4.74 Å². The molecule has 0 saturated carbocycles. The third kappa shape index (κ3) is 4.50. The highest BCUT2D eigenvalue weighted by molar-refractivity contribution is 5.87. The first-order valence-electron chi connectivity index (χ1n) is 5.13. The highest BCUT2D eigenvalue weighted by atomic mass is 16.5. The van der Waals surface area contributed by atoms with Crippen molar-refractivity contribution >= 4 is 17.9 Å². The highest BCUT2D eigenvalue weighted by Gasteiger charge is 2.08. The number of carboxylic acids is 1. The number of hydrogen-bond donors (Lipinski definition) is 2. The van der Waals surface area contributed by atoms with E-state index < -0.39 is 12.1 Å². The largest absolute Gasteiger partial charge is 0.477 e. The number of aromatic nitrogens is 1. The summed E-state index contributed by atoms with van der Waals surface area (Å²) in [7, 11) is 0. The minimum atomic E-state index is -1.15. The van der Waals surface area contributed by atoms with Gasteiger partial charge in [0.05, 0.1) is 6.61 Å². The van der Waals surface area contributed by atoms with Crippen LogP contribution in [-0.4, -0.2) is 28.8 Å². The molecule has 2 N–H and O–H groups in total. The van der Waals surface area contributed by atoms with Gasteiger partial charge in [-0.15, -0.1) is 0 Å². The number of carbonyl (C=O) groups is 2. The zero-order valence-electron chi connectivity index (χ0n) is 9.64. The van der Waals surface area contributed by atoms with Gasteiger partial charge in [-0.05, 0) is 18.1 Å². The number of carboxylic acid groups (broad SMARTS) is 1. The summed E-state index contributed by atoms with van der Waals surface area (Å²) in [5.74, 6) is -0.762. The predicted octanol–water partition coefficient (Wildman–Crippen LogP) is 1.98. The molecule has 0 atom stereocenters. The fraction of sp³-hybridized carbons (Fsp3) is 0.364. The molecule has 0 bridgehead atoms. The van der Waals surface area contributed by atoms with Gasteiger partial charge < -0.3 is 9.84 Å². The van der Waals surface area contributed by atoms with E-state index in [-0.39, 0.29) is 17.4 Å². The quantitative estimate of drug-likeness (QED) is 0.837. The molecule has 0 fully saturated rings. The van der Waals surface area contributed by atoms with Gasteiger partial charge in [-0.2, -0.15) is 0 Å². The van der Waals surface area contributed by atoms with Crippen LogP contribution >= 0.6 is 0 Å². The molecular weight excluding hydrogens is 224 g/mol.